The third-order valence-electron chi connectivity index (χ3n) is 5.30. The lowest BCUT2D eigenvalue weighted by molar-refractivity contribution is 0.0226. The zero-order valence-corrected chi connectivity index (χ0v) is 15.6. The molecular weight excluding hydrogens is 354 g/mol. The molecule has 2 aliphatic heterocycles. The van der Waals surface area contributed by atoms with Crippen LogP contribution in [0.1, 0.15) is 34.0 Å². The van der Waals surface area contributed by atoms with E-state index >= 15 is 0 Å². The van der Waals surface area contributed by atoms with Crippen molar-refractivity contribution in [2.24, 2.45) is 0 Å². The van der Waals surface area contributed by atoms with Crippen LogP contribution >= 0.6 is 0 Å². The topological polar surface area (TPSA) is 56.8 Å². The zero-order chi connectivity index (χ0) is 19.3. The molecule has 1 spiro atoms. The van der Waals surface area contributed by atoms with Gasteiger partial charge in [0.05, 0.1) is 23.8 Å². The highest BCUT2D eigenvalue weighted by Gasteiger charge is 2.54. The second-order valence-electron chi connectivity index (χ2n) is 6.79. The number of hydrogen-bond acceptors (Lipinski definition) is 5. The lowest BCUT2D eigenvalue weighted by atomic mass is 9.77. The maximum Gasteiger partial charge on any atom is 0.340 e. The van der Waals surface area contributed by atoms with E-state index in [0.29, 0.717) is 22.8 Å². The van der Waals surface area contributed by atoms with Gasteiger partial charge in [-0.15, -0.1) is 0 Å². The molecule has 3 aromatic rings. The van der Waals surface area contributed by atoms with Crippen LogP contribution in [0.5, 0.6) is 17.2 Å². The minimum atomic E-state index is -1.09. The average Bonchev–Trinajstić information content (AvgIpc) is 3.02. The number of methoxy groups -OCH3 is 1. The molecule has 1 atom stereocenters. The van der Waals surface area contributed by atoms with Crippen LogP contribution in [-0.2, 0) is 10.3 Å². The quantitative estimate of drug-likeness (QED) is 0.675. The molecule has 0 bridgehead atoms. The van der Waals surface area contributed by atoms with Crippen molar-refractivity contribution in [1.82, 2.24) is 0 Å². The van der Waals surface area contributed by atoms with Gasteiger partial charge < -0.3 is 19.5 Å². The van der Waals surface area contributed by atoms with Crippen molar-refractivity contribution in [1.29, 1.82) is 0 Å². The molecular formula is C23H19NO4. The van der Waals surface area contributed by atoms with E-state index in [9.17, 15) is 4.79 Å². The Morgan fingerprint density at radius 3 is 2.68 bits per heavy atom. The number of ether oxygens (including phenoxy) is 3. The van der Waals surface area contributed by atoms with Crippen molar-refractivity contribution in [2.75, 3.05) is 19.0 Å². The third-order valence-corrected chi connectivity index (χ3v) is 5.30. The summed E-state index contributed by atoms with van der Waals surface area (Å²) in [7, 11) is 1.62. The van der Waals surface area contributed by atoms with Gasteiger partial charge >= 0.3 is 5.97 Å². The summed E-state index contributed by atoms with van der Waals surface area (Å²) in [5.74, 6) is 1.64. The van der Waals surface area contributed by atoms with Gasteiger partial charge in [-0.2, -0.15) is 0 Å². The summed E-state index contributed by atoms with van der Waals surface area (Å²) in [4.78, 5) is 12.9. The standard InChI is InChI=1S/C23H19NO4/c1-3-24-18-9-6-10-20-21(18)23(16-8-5-4-7-15(16)22(25)28-23)17-13-14(26-2)11-12-19(17)27-20/h4-13,24H,3H2,1-2H3. The molecule has 140 valence electrons. The summed E-state index contributed by atoms with van der Waals surface area (Å²) < 4.78 is 17.9. The molecule has 0 aliphatic carbocycles. The summed E-state index contributed by atoms with van der Waals surface area (Å²) >= 11 is 0. The Hall–Kier alpha value is -3.47. The first kappa shape index (κ1) is 16.7. The molecule has 0 radical (unpaired) electrons. The SMILES string of the molecule is CCNc1cccc2c1C1(OC(=O)c3ccccc31)c1cc(OC)ccc1O2. The van der Waals surface area contributed by atoms with Gasteiger partial charge in [0.1, 0.15) is 17.2 Å². The summed E-state index contributed by atoms with van der Waals surface area (Å²) in [6.07, 6.45) is 0. The van der Waals surface area contributed by atoms with E-state index < -0.39 is 5.60 Å². The third kappa shape index (κ3) is 2.10. The summed E-state index contributed by atoms with van der Waals surface area (Å²) in [6.45, 7) is 2.76. The fourth-order valence-corrected chi connectivity index (χ4v) is 4.17. The van der Waals surface area contributed by atoms with Gasteiger partial charge in [-0.1, -0.05) is 24.3 Å². The monoisotopic (exact) mass is 373 g/mol. The number of rotatable bonds is 3. The minimum Gasteiger partial charge on any atom is -0.497 e. The Kier molecular flexibility index (Phi) is 3.59. The van der Waals surface area contributed by atoms with E-state index in [-0.39, 0.29) is 5.97 Å². The van der Waals surface area contributed by atoms with Gasteiger partial charge in [-0.05, 0) is 43.3 Å². The van der Waals surface area contributed by atoms with Crippen LogP contribution in [0.25, 0.3) is 0 Å². The number of carbonyl (C=O) groups is 1. The molecule has 0 saturated carbocycles. The predicted molar refractivity (Wildman–Crippen MR) is 105 cm³/mol. The molecule has 1 unspecified atom stereocenters. The number of benzene rings is 3. The minimum absolute atomic E-state index is 0.344. The van der Waals surface area contributed by atoms with Crippen molar-refractivity contribution in [3.8, 4) is 17.2 Å². The largest absolute Gasteiger partial charge is 0.497 e. The molecule has 28 heavy (non-hydrogen) atoms. The Morgan fingerprint density at radius 1 is 1.00 bits per heavy atom. The number of anilines is 1. The van der Waals surface area contributed by atoms with Crippen LogP contribution in [0.15, 0.2) is 60.7 Å². The van der Waals surface area contributed by atoms with Gasteiger partial charge in [0.2, 0.25) is 0 Å². The first-order valence-corrected chi connectivity index (χ1v) is 9.25. The lowest BCUT2D eigenvalue weighted by Gasteiger charge is -2.38. The summed E-state index contributed by atoms with van der Waals surface area (Å²) in [5.41, 5.74) is 2.71. The van der Waals surface area contributed by atoms with E-state index in [1.807, 2.05) is 61.5 Å². The second kappa shape index (κ2) is 6.02. The van der Waals surface area contributed by atoms with Crippen LogP contribution < -0.4 is 14.8 Å². The Morgan fingerprint density at radius 2 is 1.86 bits per heavy atom. The van der Waals surface area contributed by atoms with E-state index in [4.69, 9.17) is 14.2 Å². The number of carbonyl (C=O) groups excluding carboxylic acids is 1. The average molecular weight is 373 g/mol. The molecule has 0 saturated heterocycles. The first-order chi connectivity index (χ1) is 13.7. The smallest absolute Gasteiger partial charge is 0.340 e. The summed E-state index contributed by atoms with van der Waals surface area (Å²) in [6, 6.07) is 18.9. The molecule has 5 heteroatoms. The maximum atomic E-state index is 12.9. The van der Waals surface area contributed by atoms with Gasteiger partial charge in [-0.3, -0.25) is 0 Å². The van der Waals surface area contributed by atoms with Crippen LogP contribution in [0, 0.1) is 0 Å². The van der Waals surface area contributed by atoms with Gasteiger partial charge in [-0.25, -0.2) is 4.79 Å². The molecule has 0 aromatic heterocycles. The molecule has 0 amide bonds. The first-order valence-electron chi connectivity index (χ1n) is 9.25. The van der Waals surface area contributed by atoms with Crippen molar-refractivity contribution < 1.29 is 19.0 Å². The fourth-order valence-electron chi connectivity index (χ4n) is 4.17. The Balaban J connectivity index is 1.90. The van der Waals surface area contributed by atoms with Crippen molar-refractivity contribution in [3.05, 3.63) is 82.9 Å². The maximum absolute atomic E-state index is 12.9. The highest BCUT2D eigenvalue weighted by atomic mass is 16.6. The van der Waals surface area contributed by atoms with Crippen molar-refractivity contribution in [3.63, 3.8) is 0 Å². The summed E-state index contributed by atoms with van der Waals surface area (Å²) in [5, 5.41) is 3.39. The van der Waals surface area contributed by atoms with Crippen LogP contribution in [0.4, 0.5) is 5.69 Å². The number of nitrogens with one attached hydrogen (secondary N) is 1. The molecule has 1 N–H and O–H groups in total. The molecule has 5 rings (SSSR count). The number of esters is 1. The van der Waals surface area contributed by atoms with E-state index in [1.165, 1.54) is 0 Å². The highest BCUT2D eigenvalue weighted by Crippen LogP contribution is 2.58. The van der Waals surface area contributed by atoms with E-state index in [1.54, 1.807) is 13.2 Å². The predicted octanol–water partition coefficient (Wildman–Crippen LogP) is 4.70. The Labute approximate surface area is 162 Å². The van der Waals surface area contributed by atoms with Crippen LogP contribution in [0.3, 0.4) is 0 Å². The highest BCUT2D eigenvalue weighted by molar-refractivity contribution is 5.97. The number of hydrogen-bond donors (Lipinski definition) is 1. The van der Waals surface area contributed by atoms with E-state index in [0.717, 1.165) is 28.9 Å². The lowest BCUT2D eigenvalue weighted by Crippen LogP contribution is -2.34. The van der Waals surface area contributed by atoms with E-state index in [2.05, 4.69) is 5.32 Å². The molecule has 0 fully saturated rings. The van der Waals surface area contributed by atoms with Crippen LogP contribution in [-0.4, -0.2) is 19.6 Å². The number of fused-ring (bicyclic) bond motifs is 6. The molecule has 2 heterocycles. The molecule has 5 nitrogen and oxygen atoms in total. The fraction of sp³-hybridized carbons (Fsp3) is 0.174. The van der Waals surface area contributed by atoms with Gasteiger partial charge in [0.15, 0.2) is 5.60 Å². The zero-order valence-electron chi connectivity index (χ0n) is 15.6. The van der Waals surface area contributed by atoms with Crippen LogP contribution in [0.2, 0.25) is 0 Å². The second-order valence-corrected chi connectivity index (χ2v) is 6.79. The van der Waals surface area contributed by atoms with Gasteiger partial charge in [0.25, 0.3) is 0 Å². The molecule has 3 aromatic carbocycles. The Bertz CT molecular complexity index is 1110. The molecule has 2 aliphatic rings. The van der Waals surface area contributed by atoms with Gasteiger partial charge in [0, 0.05) is 17.8 Å². The van der Waals surface area contributed by atoms with Crippen molar-refractivity contribution in [2.45, 2.75) is 12.5 Å². The van der Waals surface area contributed by atoms with Crippen molar-refractivity contribution >= 4 is 11.7 Å². The normalized spacial score (nSPS) is 18.6.